The Labute approximate surface area is 107 Å². The minimum Gasteiger partial charge on any atom is -0.317 e. The normalized spacial score (nSPS) is 11.6. The van der Waals surface area contributed by atoms with Gasteiger partial charge in [0.25, 0.3) is 0 Å². The zero-order valence-corrected chi connectivity index (χ0v) is 11.3. The molecule has 0 radical (unpaired) electrons. The van der Waals surface area contributed by atoms with Gasteiger partial charge in [-0.1, -0.05) is 18.5 Å². The van der Waals surface area contributed by atoms with E-state index in [2.05, 4.69) is 10.0 Å². The van der Waals surface area contributed by atoms with Gasteiger partial charge in [0.15, 0.2) is 0 Å². The Morgan fingerprint density at radius 1 is 1.18 bits per heavy atom. The van der Waals surface area contributed by atoms with Crippen molar-refractivity contribution in [2.45, 2.75) is 18.2 Å². The molecule has 17 heavy (non-hydrogen) atoms. The van der Waals surface area contributed by atoms with E-state index in [9.17, 15) is 8.42 Å². The number of halogens is 1. The predicted octanol–water partition coefficient (Wildman–Crippen LogP) is 1.62. The fourth-order valence-corrected chi connectivity index (χ4v) is 2.49. The van der Waals surface area contributed by atoms with E-state index in [0.717, 1.165) is 19.5 Å². The van der Waals surface area contributed by atoms with Gasteiger partial charge in [0.05, 0.1) is 4.90 Å². The van der Waals surface area contributed by atoms with Crippen LogP contribution in [0.4, 0.5) is 0 Å². The summed E-state index contributed by atoms with van der Waals surface area (Å²) in [4.78, 5) is 0.241. The highest BCUT2D eigenvalue weighted by molar-refractivity contribution is 7.89. The van der Waals surface area contributed by atoms with Crippen LogP contribution in [0.25, 0.3) is 0 Å². The third kappa shape index (κ3) is 5.04. The van der Waals surface area contributed by atoms with E-state index < -0.39 is 10.0 Å². The van der Waals surface area contributed by atoms with E-state index >= 15 is 0 Å². The van der Waals surface area contributed by atoms with Gasteiger partial charge >= 0.3 is 0 Å². The summed E-state index contributed by atoms with van der Waals surface area (Å²) in [5.74, 6) is 0. The maximum atomic E-state index is 11.8. The smallest absolute Gasteiger partial charge is 0.240 e. The lowest BCUT2D eigenvalue weighted by Crippen LogP contribution is -2.27. The number of hydrogen-bond acceptors (Lipinski definition) is 3. The summed E-state index contributed by atoms with van der Waals surface area (Å²) in [6.45, 7) is 4.14. The third-order valence-corrected chi connectivity index (χ3v) is 3.93. The lowest BCUT2D eigenvalue weighted by molar-refractivity contribution is 0.575. The molecule has 0 heterocycles. The monoisotopic (exact) mass is 276 g/mol. The SMILES string of the molecule is CCNCCCNS(=O)(=O)c1ccc(Cl)cc1. The second-order valence-electron chi connectivity index (χ2n) is 3.56. The first-order valence-corrected chi connectivity index (χ1v) is 7.38. The quantitative estimate of drug-likeness (QED) is 0.744. The topological polar surface area (TPSA) is 58.2 Å². The summed E-state index contributed by atoms with van der Waals surface area (Å²) < 4.78 is 26.1. The summed E-state index contributed by atoms with van der Waals surface area (Å²) in [5, 5.41) is 3.65. The van der Waals surface area contributed by atoms with Crippen molar-refractivity contribution in [3.63, 3.8) is 0 Å². The summed E-state index contributed by atoms with van der Waals surface area (Å²) in [7, 11) is -3.40. The predicted molar refractivity (Wildman–Crippen MR) is 69.8 cm³/mol. The van der Waals surface area contributed by atoms with Gasteiger partial charge in [-0.3, -0.25) is 0 Å². The third-order valence-electron chi connectivity index (χ3n) is 2.20. The fraction of sp³-hybridized carbons (Fsp3) is 0.455. The second kappa shape index (κ2) is 6.96. The molecule has 96 valence electrons. The highest BCUT2D eigenvalue weighted by Gasteiger charge is 2.12. The molecular weight excluding hydrogens is 260 g/mol. The van der Waals surface area contributed by atoms with Crippen LogP contribution in [0, 0.1) is 0 Å². The van der Waals surface area contributed by atoms with Crippen molar-refractivity contribution in [3.05, 3.63) is 29.3 Å². The molecule has 1 aromatic carbocycles. The first-order valence-electron chi connectivity index (χ1n) is 5.52. The van der Waals surface area contributed by atoms with E-state index in [-0.39, 0.29) is 4.90 Å². The largest absolute Gasteiger partial charge is 0.317 e. The first-order chi connectivity index (χ1) is 8.06. The van der Waals surface area contributed by atoms with Gasteiger partial charge < -0.3 is 5.32 Å². The summed E-state index contributed by atoms with van der Waals surface area (Å²) in [6, 6.07) is 6.12. The summed E-state index contributed by atoms with van der Waals surface area (Å²) in [6.07, 6.45) is 0.765. The van der Waals surface area contributed by atoms with Crippen molar-refractivity contribution in [2.24, 2.45) is 0 Å². The second-order valence-corrected chi connectivity index (χ2v) is 5.76. The molecule has 0 aliphatic carbocycles. The van der Waals surface area contributed by atoms with Crippen molar-refractivity contribution >= 4 is 21.6 Å². The van der Waals surface area contributed by atoms with Crippen LogP contribution in [-0.2, 0) is 10.0 Å². The first kappa shape index (κ1) is 14.4. The van der Waals surface area contributed by atoms with Gasteiger partial charge in [-0.15, -0.1) is 0 Å². The lowest BCUT2D eigenvalue weighted by atomic mass is 10.4. The van der Waals surface area contributed by atoms with Crippen LogP contribution in [0.2, 0.25) is 5.02 Å². The van der Waals surface area contributed by atoms with Crippen molar-refractivity contribution < 1.29 is 8.42 Å². The van der Waals surface area contributed by atoms with E-state index in [0.29, 0.717) is 11.6 Å². The van der Waals surface area contributed by atoms with Crippen LogP contribution in [0.1, 0.15) is 13.3 Å². The molecule has 0 amide bonds. The molecule has 0 saturated heterocycles. The maximum Gasteiger partial charge on any atom is 0.240 e. The zero-order chi connectivity index (χ0) is 12.7. The molecule has 0 unspecified atom stereocenters. The van der Waals surface area contributed by atoms with Gasteiger partial charge in [0.1, 0.15) is 0 Å². The Morgan fingerprint density at radius 3 is 2.41 bits per heavy atom. The molecule has 0 saturated carbocycles. The standard InChI is InChI=1S/C11H17ClN2O2S/c1-2-13-8-3-9-14-17(15,16)11-6-4-10(12)5-7-11/h4-7,13-14H,2-3,8-9H2,1H3. The van der Waals surface area contributed by atoms with Crippen LogP contribution in [0.5, 0.6) is 0 Å². The van der Waals surface area contributed by atoms with Crippen LogP contribution < -0.4 is 10.0 Å². The van der Waals surface area contributed by atoms with Crippen molar-refractivity contribution in [1.82, 2.24) is 10.0 Å². The molecule has 0 aliphatic rings. The molecule has 0 fully saturated rings. The van der Waals surface area contributed by atoms with Crippen molar-refractivity contribution in [1.29, 1.82) is 0 Å². The average molecular weight is 277 g/mol. The molecule has 6 heteroatoms. The Balaban J connectivity index is 2.48. The molecule has 4 nitrogen and oxygen atoms in total. The molecule has 0 atom stereocenters. The van der Waals surface area contributed by atoms with Gasteiger partial charge in [-0.25, -0.2) is 13.1 Å². The summed E-state index contributed by atoms with van der Waals surface area (Å²) >= 11 is 5.70. The van der Waals surface area contributed by atoms with E-state index in [1.165, 1.54) is 12.1 Å². The van der Waals surface area contributed by atoms with Gasteiger partial charge in [-0.2, -0.15) is 0 Å². The molecule has 2 N–H and O–H groups in total. The van der Waals surface area contributed by atoms with Gasteiger partial charge in [0.2, 0.25) is 10.0 Å². The lowest BCUT2D eigenvalue weighted by Gasteiger charge is -2.06. The minimum absolute atomic E-state index is 0.241. The molecule has 0 bridgehead atoms. The van der Waals surface area contributed by atoms with Crippen molar-refractivity contribution in [2.75, 3.05) is 19.6 Å². The van der Waals surface area contributed by atoms with Gasteiger partial charge in [0, 0.05) is 11.6 Å². The van der Waals surface area contributed by atoms with E-state index in [1.807, 2.05) is 6.92 Å². The number of nitrogens with one attached hydrogen (secondary N) is 2. The maximum absolute atomic E-state index is 11.8. The molecule has 0 spiro atoms. The van der Waals surface area contributed by atoms with Crippen LogP contribution in [0.15, 0.2) is 29.2 Å². The number of rotatable bonds is 7. The Kier molecular flexibility index (Phi) is 5.91. The number of sulfonamides is 1. The van der Waals surface area contributed by atoms with Gasteiger partial charge in [-0.05, 0) is 43.8 Å². The van der Waals surface area contributed by atoms with Crippen LogP contribution in [-0.4, -0.2) is 28.1 Å². The number of benzene rings is 1. The molecule has 0 aromatic heterocycles. The zero-order valence-electron chi connectivity index (χ0n) is 9.74. The van der Waals surface area contributed by atoms with Crippen LogP contribution in [0.3, 0.4) is 0 Å². The van der Waals surface area contributed by atoms with Crippen LogP contribution >= 0.6 is 11.6 Å². The fourth-order valence-electron chi connectivity index (χ4n) is 1.29. The highest BCUT2D eigenvalue weighted by atomic mass is 35.5. The molecule has 1 rings (SSSR count). The minimum atomic E-state index is -3.40. The Hall–Kier alpha value is -0.620. The van der Waals surface area contributed by atoms with Crippen molar-refractivity contribution in [3.8, 4) is 0 Å². The number of hydrogen-bond donors (Lipinski definition) is 2. The Bertz CT molecular complexity index is 431. The van der Waals surface area contributed by atoms with E-state index in [4.69, 9.17) is 11.6 Å². The average Bonchev–Trinajstić information content (AvgIpc) is 2.29. The summed E-state index contributed by atoms with van der Waals surface area (Å²) in [5.41, 5.74) is 0. The highest BCUT2D eigenvalue weighted by Crippen LogP contribution is 2.13. The molecular formula is C11H17ClN2O2S. The molecule has 0 aliphatic heterocycles. The molecule has 1 aromatic rings. The van der Waals surface area contributed by atoms with E-state index in [1.54, 1.807) is 12.1 Å². The Morgan fingerprint density at radius 2 is 1.82 bits per heavy atom.